The first kappa shape index (κ1) is 30.8. The minimum absolute atomic E-state index is 1.19. The van der Waals surface area contributed by atoms with Gasteiger partial charge in [0.25, 0.3) is 0 Å². The molecule has 40 heavy (non-hydrogen) atoms. The molecule has 0 aliphatic heterocycles. The molecule has 3 aromatic carbocycles. The summed E-state index contributed by atoms with van der Waals surface area (Å²) in [6, 6.07) is 18.7. The molecule has 0 spiro atoms. The van der Waals surface area contributed by atoms with E-state index in [0.29, 0.717) is 0 Å². The van der Waals surface area contributed by atoms with E-state index in [0.717, 1.165) is 0 Å². The smallest absolute Gasteiger partial charge is 0.00156 e. The number of aryl methyl sites for hydroxylation is 1. The topological polar surface area (TPSA) is 6.48 Å². The largest absolute Gasteiger partial charge is 0.303 e. The Balaban J connectivity index is 1.60. The van der Waals surface area contributed by atoms with Crippen LogP contribution in [0, 0.1) is 0 Å². The predicted molar refractivity (Wildman–Crippen MR) is 178 cm³/mol. The van der Waals surface area contributed by atoms with Crippen molar-refractivity contribution in [3.63, 3.8) is 0 Å². The fourth-order valence-corrected chi connectivity index (χ4v) is 6.69. The summed E-state index contributed by atoms with van der Waals surface area (Å²) < 4.78 is 0. The van der Waals surface area contributed by atoms with Gasteiger partial charge < -0.3 is 9.80 Å². The highest BCUT2D eigenvalue weighted by atomic mass is 15.1. The highest BCUT2D eigenvalue weighted by molar-refractivity contribution is 6.16. The van der Waals surface area contributed by atoms with Crippen LogP contribution in [-0.2, 0) is 12.8 Å². The number of nitrogens with zero attached hydrogens (tertiary/aromatic N) is 2. The second-order valence-corrected chi connectivity index (χ2v) is 12.1. The maximum absolute atomic E-state index is 2.74. The first-order chi connectivity index (χ1) is 19.7. The average molecular weight is 541 g/mol. The summed E-state index contributed by atoms with van der Waals surface area (Å²) in [4.78, 5) is 5.48. The summed E-state index contributed by atoms with van der Waals surface area (Å²) in [6.45, 7) is 16.8. The van der Waals surface area contributed by atoms with E-state index in [9.17, 15) is 0 Å². The van der Waals surface area contributed by atoms with Crippen molar-refractivity contribution < 1.29 is 0 Å². The lowest BCUT2D eigenvalue weighted by molar-refractivity contribution is 0.261. The number of benzene rings is 3. The second-order valence-electron chi connectivity index (χ2n) is 12.1. The molecular weight excluding hydrogens is 484 g/mol. The maximum atomic E-state index is 2.74. The van der Waals surface area contributed by atoms with Crippen LogP contribution in [0.4, 0.5) is 0 Å². The van der Waals surface area contributed by atoms with Crippen LogP contribution < -0.4 is 0 Å². The molecule has 0 aromatic heterocycles. The van der Waals surface area contributed by atoms with Gasteiger partial charge in [0.05, 0.1) is 0 Å². The Morgan fingerprint density at radius 3 is 1.57 bits per heavy atom. The lowest BCUT2D eigenvalue weighted by atomic mass is 9.88. The van der Waals surface area contributed by atoms with Crippen molar-refractivity contribution in [1.82, 2.24) is 9.80 Å². The molecule has 1 aliphatic carbocycles. The van der Waals surface area contributed by atoms with Crippen molar-refractivity contribution in [2.45, 2.75) is 105 Å². The fourth-order valence-electron chi connectivity index (χ4n) is 6.69. The van der Waals surface area contributed by atoms with Gasteiger partial charge in [-0.1, -0.05) is 102 Å². The van der Waals surface area contributed by atoms with Crippen LogP contribution in [0.15, 0.2) is 48.5 Å². The zero-order valence-corrected chi connectivity index (χ0v) is 26.2. The van der Waals surface area contributed by atoms with Crippen molar-refractivity contribution in [2.75, 3.05) is 39.3 Å². The molecule has 0 bridgehead atoms. The third-order valence-electron chi connectivity index (χ3n) is 8.99. The summed E-state index contributed by atoms with van der Waals surface area (Å²) in [5.41, 5.74) is 9.14. The van der Waals surface area contributed by atoms with E-state index >= 15 is 0 Å². The zero-order chi connectivity index (χ0) is 28.2. The molecule has 0 radical (unpaired) electrons. The number of unbranched alkanes of at least 4 members (excludes halogenated alkanes) is 4. The van der Waals surface area contributed by atoms with E-state index in [1.54, 1.807) is 16.7 Å². The summed E-state index contributed by atoms with van der Waals surface area (Å²) in [7, 11) is 0. The second kappa shape index (κ2) is 16.3. The van der Waals surface area contributed by atoms with Crippen molar-refractivity contribution in [3.05, 3.63) is 59.7 Å². The number of fused-ring (bicyclic) bond motifs is 3. The highest BCUT2D eigenvalue weighted by Gasteiger charge is 2.25. The lowest BCUT2D eigenvalue weighted by Gasteiger charge is -2.24. The molecule has 0 heterocycles. The van der Waals surface area contributed by atoms with Crippen LogP contribution in [0.5, 0.6) is 0 Å². The molecule has 0 saturated carbocycles. The number of hydrogen-bond donors (Lipinski definition) is 0. The van der Waals surface area contributed by atoms with Gasteiger partial charge in [-0.3, -0.25) is 0 Å². The first-order valence-electron chi connectivity index (χ1n) is 16.8. The van der Waals surface area contributed by atoms with E-state index in [-0.39, 0.29) is 0 Å². The van der Waals surface area contributed by atoms with Gasteiger partial charge in [-0.2, -0.15) is 0 Å². The Morgan fingerprint density at radius 1 is 0.500 bits per heavy atom. The average Bonchev–Trinajstić information content (AvgIpc) is 3.32. The lowest BCUT2D eigenvalue weighted by Crippen LogP contribution is -2.28. The van der Waals surface area contributed by atoms with Gasteiger partial charge in [-0.25, -0.2) is 0 Å². The van der Waals surface area contributed by atoms with Gasteiger partial charge in [-0.15, -0.1) is 0 Å². The molecule has 218 valence electrons. The van der Waals surface area contributed by atoms with Gasteiger partial charge in [0.2, 0.25) is 0 Å². The normalized spacial score (nSPS) is 12.2. The maximum Gasteiger partial charge on any atom is -0.00156 e. The molecule has 0 fully saturated rings. The third-order valence-corrected chi connectivity index (χ3v) is 8.99. The minimum atomic E-state index is 1.19. The van der Waals surface area contributed by atoms with Crippen LogP contribution in [0.1, 0.15) is 103 Å². The summed E-state index contributed by atoms with van der Waals surface area (Å²) in [5.74, 6) is 0. The third kappa shape index (κ3) is 7.77. The van der Waals surface area contributed by atoms with Gasteiger partial charge in [0, 0.05) is 0 Å². The molecule has 0 N–H and O–H groups in total. The Bertz CT molecular complexity index is 1160. The van der Waals surface area contributed by atoms with Gasteiger partial charge in [0.1, 0.15) is 0 Å². The quantitative estimate of drug-likeness (QED) is 0.110. The van der Waals surface area contributed by atoms with Gasteiger partial charge in [-0.05, 0) is 135 Å². The van der Waals surface area contributed by atoms with E-state index in [2.05, 4.69) is 86.0 Å². The van der Waals surface area contributed by atoms with Crippen molar-refractivity contribution in [2.24, 2.45) is 0 Å². The predicted octanol–water partition coefficient (Wildman–Crippen LogP) is 10.2. The molecule has 2 nitrogen and oxygen atoms in total. The molecule has 0 amide bonds. The monoisotopic (exact) mass is 540 g/mol. The molecule has 4 rings (SSSR count). The van der Waals surface area contributed by atoms with E-state index in [1.807, 2.05) is 0 Å². The number of rotatable bonds is 20. The standard InChI is InChI=1S/C38H56N2/c1-5-9-24-39(25-10-6-2)28-16-19-31-30-32-18-15-22-35-34-20-13-14-21-36(34)38(37(32)35)33(31)23-17-29-40(26-11-7-3)27-12-8-4/h13-15,18,20-22,30H,5-12,16-17,19,23-29H2,1-4H3. The molecule has 2 heteroatoms. The minimum Gasteiger partial charge on any atom is -0.303 e. The van der Waals surface area contributed by atoms with Crippen LogP contribution >= 0.6 is 0 Å². The van der Waals surface area contributed by atoms with E-state index in [4.69, 9.17) is 0 Å². The Morgan fingerprint density at radius 2 is 1.00 bits per heavy atom. The molecule has 0 saturated heterocycles. The molecule has 1 aliphatic rings. The zero-order valence-electron chi connectivity index (χ0n) is 26.2. The van der Waals surface area contributed by atoms with Crippen LogP contribution in [-0.4, -0.2) is 49.1 Å². The Hall–Kier alpha value is -2.16. The molecule has 0 unspecified atom stereocenters. The van der Waals surface area contributed by atoms with Crippen molar-refractivity contribution in [1.29, 1.82) is 0 Å². The molecular formula is C38H56N2. The van der Waals surface area contributed by atoms with Crippen LogP contribution in [0.2, 0.25) is 0 Å². The van der Waals surface area contributed by atoms with Crippen LogP contribution in [0.3, 0.4) is 0 Å². The first-order valence-corrected chi connectivity index (χ1v) is 16.8. The number of hydrogen-bond acceptors (Lipinski definition) is 2. The Kier molecular flexibility index (Phi) is 12.6. The van der Waals surface area contributed by atoms with Gasteiger partial charge >= 0.3 is 0 Å². The van der Waals surface area contributed by atoms with Gasteiger partial charge in [0.15, 0.2) is 0 Å². The molecule has 0 atom stereocenters. The highest BCUT2D eigenvalue weighted by Crippen LogP contribution is 2.49. The molecule has 3 aromatic rings. The fraction of sp³-hybridized carbons (Fsp3) is 0.579. The van der Waals surface area contributed by atoms with E-state index in [1.165, 1.54) is 144 Å². The van der Waals surface area contributed by atoms with Crippen molar-refractivity contribution in [3.8, 4) is 22.3 Å². The van der Waals surface area contributed by atoms with E-state index < -0.39 is 0 Å². The van der Waals surface area contributed by atoms with Crippen molar-refractivity contribution >= 4 is 10.8 Å². The SMILES string of the molecule is CCCCN(CCCC)CCCc1cc2cccc3c2c(c1CCCN(CCCC)CCCC)-c1ccccc1-3. The Labute approximate surface area is 246 Å². The summed E-state index contributed by atoms with van der Waals surface area (Å²) in [5, 5.41) is 2.94. The summed E-state index contributed by atoms with van der Waals surface area (Å²) >= 11 is 0. The summed E-state index contributed by atoms with van der Waals surface area (Å²) in [6.07, 6.45) is 15.3. The van der Waals surface area contributed by atoms with Crippen LogP contribution in [0.25, 0.3) is 33.0 Å².